The highest BCUT2D eigenvalue weighted by Gasteiger charge is 2.26. The van der Waals surface area contributed by atoms with Crippen LogP contribution in [0.15, 0.2) is 32.5 Å². The molecule has 5 nitrogen and oxygen atoms in total. The third-order valence-electron chi connectivity index (χ3n) is 4.75. The third-order valence-corrected chi connectivity index (χ3v) is 6.27. The first-order chi connectivity index (χ1) is 12.5. The lowest BCUT2D eigenvalue weighted by Crippen LogP contribution is -2.35. The molecular weight excluding hydrogens is 414 g/mol. The van der Waals surface area contributed by atoms with Crippen molar-refractivity contribution >= 4 is 49.3 Å². The van der Waals surface area contributed by atoms with E-state index in [1.807, 2.05) is 36.9 Å². The van der Waals surface area contributed by atoms with Crippen molar-refractivity contribution in [2.45, 2.75) is 20.3 Å². The van der Waals surface area contributed by atoms with Gasteiger partial charge in [0.2, 0.25) is 0 Å². The van der Waals surface area contributed by atoms with E-state index in [4.69, 9.17) is 4.42 Å². The van der Waals surface area contributed by atoms with Gasteiger partial charge in [0.15, 0.2) is 10.9 Å². The van der Waals surface area contributed by atoms with Crippen molar-refractivity contribution < 1.29 is 9.21 Å². The predicted molar refractivity (Wildman–Crippen MR) is 108 cm³/mol. The van der Waals surface area contributed by atoms with Crippen molar-refractivity contribution in [1.29, 1.82) is 0 Å². The van der Waals surface area contributed by atoms with Crippen LogP contribution in [0.1, 0.15) is 28.2 Å². The molecule has 2 aromatic heterocycles. The van der Waals surface area contributed by atoms with Gasteiger partial charge >= 0.3 is 0 Å². The predicted octanol–water partition coefficient (Wildman–Crippen LogP) is 4.62. The molecule has 1 saturated heterocycles. The number of anilines is 1. The molecule has 0 atom stereocenters. The molecule has 26 heavy (non-hydrogen) atoms. The highest BCUT2D eigenvalue weighted by molar-refractivity contribution is 9.10. The molecule has 0 saturated carbocycles. The molecule has 0 spiro atoms. The number of aryl methyl sites for hydroxylation is 2. The number of aromatic nitrogens is 1. The highest BCUT2D eigenvalue weighted by Crippen LogP contribution is 2.29. The molecule has 0 bridgehead atoms. The maximum atomic E-state index is 13.1. The molecule has 1 fully saturated rings. The van der Waals surface area contributed by atoms with Crippen LogP contribution in [-0.2, 0) is 0 Å². The molecule has 0 unspecified atom stereocenters. The molecule has 0 aliphatic carbocycles. The van der Waals surface area contributed by atoms with E-state index in [2.05, 4.69) is 31.2 Å². The number of hydrogen-bond acceptors (Lipinski definition) is 5. The van der Waals surface area contributed by atoms with Gasteiger partial charge in [-0.25, -0.2) is 4.98 Å². The third kappa shape index (κ3) is 3.25. The number of hydrogen-bond donors (Lipinski definition) is 0. The van der Waals surface area contributed by atoms with Gasteiger partial charge in [0.05, 0.1) is 5.69 Å². The van der Waals surface area contributed by atoms with Gasteiger partial charge in [0.1, 0.15) is 5.58 Å². The SMILES string of the molecule is Cc1csc(N2CCCN(C(=O)c3oc4ccc(Br)cc4c3C)CC2)n1. The average Bonchev–Trinajstić information content (AvgIpc) is 3.09. The Balaban J connectivity index is 1.54. The minimum absolute atomic E-state index is 0.0213. The number of amides is 1. The van der Waals surface area contributed by atoms with E-state index in [9.17, 15) is 4.79 Å². The smallest absolute Gasteiger partial charge is 0.289 e. The summed E-state index contributed by atoms with van der Waals surface area (Å²) < 4.78 is 6.87. The van der Waals surface area contributed by atoms with Crippen LogP contribution >= 0.6 is 27.3 Å². The van der Waals surface area contributed by atoms with Crippen LogP contribution in [0.5, 0.6) is 0 Å². The van der Waals surface area contributed by atoms with E-state index in [0.717, 1.165) is 57.9 Å². The number of benzene rings is 1. The summed E-state index contributed by atoms with van der Waals surface area (Å²) in [7, 11) is 0. The lowest BCUT2D eigenvalue weighted by molar-refractivity contribution is 0.0736. The molecule has 1 aliphatic rings. The zero-order chi connectivity index (χ0) is 18.3. The standard InChI is InChI=1S/C19H20BrN3O2S/c1-12-11-26-19(21-12)23-7-3-6-22(8-9-23)18(24)17-13(2)15-10-14(20)4-5-16(15)25-17/h4-5,10-11H,3,6-9H2,1-2H3. The average molecular weight is 434 g/mol. The summed E-state index contributed by atoms with van der Waals surface area (Å²) in [4.78, 5) is 21.8. The molecule has 1 amide bonds. The lowest BCUT2D eigenvalue weighted by atomic mass is 10.1. The lowest BCUT2D eigenvalue weighted by Gasteiger charge is -2.21. The van der Waals surface area contributed by atoms with Crippen molar-refractivity contribution in [2.75, 3.05) is 31.1 Å². The largest absolute Gasteiger partial charge is 0.451 e. The maximum Gasteiger partial charge on any atom is 0.289 e. The zero-order valence-corrected chi connectivity index (χ0v) is 17.2. The normalized spacial score (nSPS) is 15.5. The molecule has 0 N–H and O–H groups in total. The highest BCUT2D eigenvalue weighted by atomic mass is 79.9. The summed E-state index contributed by atoms with van der Waals surface area (Å²) in [5.41, 5.74) is 2.71. The van der Waals surface area contributed by atoms with Gasteiger partial charge < -0.3 is 14.2 Å². The summed E-state index contributed by atoms with van der Waals surface area (Å²) in [6.07, 6.45) is 0.926. The number of furan rings is 1. The number of rotatable bonds is 2. The van der Waals surface area contributed by atoms with Gasteiger partial charge in [-0.15, -0.1) is 11.3 Å². The topological polar surface area (TPSA) is 49.6 Å². The van der Waals surface area contributed by atoms with Crippen molar-refractivity contribution in [3.05, 3.63) is 45.1 Å². The van der Waals surface area contributed by atoms with E-state index in [-0.39, 0.29) is 5.91 Å². The summed E-state index contributed by atoms with van der Waals surface area (Å²) in [6, 6.07) is 5.83. The second-order valence-electron chi connectivity index (χ2n) is 6.60. The molecular formula is C19H20BrN3O2S. The van der Waals surface area contributed by atoms with E-state index >= 15 is 0 Å². The van der Waals surface area contributed by atoms with Crippen LogP contribution in [-0.4, -0.2) is 42.0 Å². The van der Waals surface area contributed by atoms with Gasteiger partial charge in [-0.2, -0.15) is 0 Å². The number of carbonyl (C=O) groups is 1. The van der Waals surface area contributed by atoms with E-state index in [1.54, 1.807) is 11.3 Å². The Bertz CT molecular complexity index is 965. The molecule has 136 valence electrons. The van der Waals surface area contributed by atoms with Gasteiger partial charge in [-0.05, 0) is 38.5 Å². The first kappa shape index (κ1) is 17.5. The first-order valence-electron chi connectivity index (χ1n) is 8.68. The van der Waals surface area contributed by atoms with Crippen LogP contribution in [0, 0.1) is 13.8 Å². The van der Waals surface area contributed by atoms with Crippen LogP contribution in [0.3, 0.4) is 0 Å². The molecule has 4 rings (SSSR count). The van der Waals surface area contributed by atoms with Crippen LogP contribution in [0.2, 0.25) is 0 Å². The van der Waals surface area contributed by atoms with Gasteiger partial charge in [0.25, 0.3) is 5.91 Å². The zero-order valence-electron chi connectivity index (χ0n) is 14.8. The molecule has 0 radical (unpaired) electrons. The molecule has 7 heteroatoms. The summed E-state index contributed by atoms with van der Waals surface area (Å²) >= 11 is 5.15. The summed E-state index contributed by atoms with van der Waals surface area (Å²) in [5.74, 6) is 0.434. The quantitative estimate of drug-likeness (QED) is 0.591. The Morgan fingerprint density at radius 2 is 2.08 bits per heavy atom. The number of fused-ring (bicyclic) bond motifs is 1. The molecule has 3 aromatic rings. The summed E-state index contributed by atoms with van der Waals surface area (Å²) in [6.45, 7) is 7.09. The van der Waals surface area contributed by atoms with Crippen molar-refractivity contribution in [3.8, 4) is 0 Å². The summed E-state index contributed by atoms with van der Waals surface area (Å²) in [5, 5.41) is 4.10. The minimum Gasteiger partial charge on any atom is -0.451 e. The van der Waals surface area contributed by atoms with Gasteiger partial charge in [-0.3, -0.25) is 4.79 Å². The molecule has 1 aliphatic heterocycles. The van der Waals surface area contributed by atoms with Gasteiger partial charge in [0, 0.05) is 47.0 Å². The Hall–Kier alpha value is -1.86. The van der Waals surface area contributed by atoms with Gasteiger partial charge in [-0.1, -0.05) is 15.9 Å². The van der Waals surface area contributed by atoms with Crippen molar-refractivity contribution in [2.24, 2.45) is 0 Å². The fraction of sp³-hybridized carbons (Fsp3) is 0.368. The number of halogens is 1. The van der Waals surface area contributed by atoms with Crippen LogP contribution < -0.4 is 4.90 Å². The Kier molecular flexibility index (Phi) is 4.75. The minimum atomic E-state index is -0.0213. The monoisotopic (exact) mass is 433 g/mol. The number of carbonyl (C=O) groups excluding carboxylic acids is 1. The van der Waals surface area contributed by atoms with Crippen LogP contribution in [0.4, 0.5) is 5.13 Å². The van der Waals surface area contributed by atoms with Crippen molar-refractivity contribution in [1.82, 2.24) is 9.88 Å². The fourth-order valence-corrected chi connectivity index (χ4v) is 4.56. The second-order valence-corrected chi connectivity index (χ2v) is 8.35. The second kappa shape index (κ2) is 7.04. The van der Waals surface area contributed by atoms with Crippen molar-refractivity contribution in [3.63, 3.8) is 0 Å². The molecule has 3 heterocycles. The maximum absolute atomic E-state index is 13.1. The van der Waals surface area contributed by atoms with Crippen LogP contribution in [0.25, 0.3) is 11.0 Å². The number of thiazole rings is 1. The fourth-order valence-electron chi connectivity index (χ4n) is 3.34. The van der Waals surface area contributed by atoms with E-state index in [1.165, 1.54) is 0 Å². The Labute approximate surface area is 164 Å². The molecule has 1 aromatic carbocycles. The number of nitrogens with zero attached hydrogens (tertiary/aromatic N) is 3. The van der Waals surface area contributed by atoms with E-state index < -0.39 is 0 Å². The first-order valence-corrected chi connectivity index (χ1v) is 10.3. The van der Waals surface area contributed by atoms with E-state index in [0.29, 0.717) is 12.3 Å². The Morgan fingerprint density at radius 3 is 2.85 bits per heavy atom. The Morgan fingerprint density at radius 1 is 1.23 bits per heavy atom.